The number of rotatable bonds is 5. The Morgan fingerprint density at radius 3 is 3.00 bits per heavy atom. The molecule has 2 rings (SSSR count). The van der Waals surface area contributed by atoms with E-state index >= 15 is 0 Å². The molecular weight excluding hydrogens is 255 g/mol. The van der Waals surface area contributed by atoms with Gasteiger partial charge < -0.3 is 15.8 Å². The van der Waals surface area contributed by atoms with Crippen LogP contribution >= 0.6 is 11.6 Å². The first-order chi connectivity index (χ1) is 8.70. The van der Waals surface area contributed by atoms with Gasteiger partial charge in [0, 0.05) is 25.7 Å². The summed E-state index contributed by atoms with van der Waals surface area (Å²) in [6.07, 6.45) is 2.45. The van der Waals surface area contributed by atoms with E-state index in [0.717, 1.165) is 31.6 Å². The van der Waals surface area contributed by atoms with Gasteiger partial charge in [-0.1, -0.05) is 17.7 Å². The van der Waals surface area contributed by atoms with Crippen molar-refractivity contribution < 1.29 is 9.13 Å². The minimum Gasteiger partial charge on any atom is -0.377 e. The smallest absolute Gasteiger partial charge is 0.141 e. The van der Waals surface area contributed by atoms with Crippen molar-refractivity contribution in [2.75, 3.05) is 19.7 Å². The molecule has 5 heteroatoms. The standard InChI is InChI=1S/C13H18ClFN2O/c14-11-6-9(3-4-12(11)15)13(7-16)17-8-10-2-1-5-18-10/h3-4,6,10,13,17H,1-2,5,7-8,16H2. The maximum atomic E-state index is 13.1. The molecule has 2 unspecified atom stereocenters. The molecule has 0 spiro atoms. The molecule has 0 bridgehead atoms. The van der Waals surface area contributed by atoms with Gasteiger partial charge in [-0.15, -0.1) is 0 Å². The molecule has 2 atom stereocenters. The van der Waals surface area contributed by atoms with E-state index in [1.165, 1.54) is 6.07 Å². The maximum Gasteiger partial charge on any atom is 0.141 e. The highest BCUT2D eigenvalue weighted by Gasteiger charge is 2.18. The fourth-order valence-corrected chi connectivity index (χ4v) is 2.33. The summed E-state index contributed by atoms with van der Waals surface area (Å²) in [5.41, 5.74) is 6.64. The Balaban J connectivity index is 1.96. The molecule has 0 saturated carbocycles. The minimum absolute atomic E-state index is 0.0210. The molecule has 0 amide bonds. The van der Waals surface area contributed by atoms with Crippen molar-refractivity contribution in [1.82, 2.24) is 5.32 Å². The van der Waals surface area contributed by atoms with Crippen LogP contribution in [-0.2, 0) is 4.74 Å². The molecule has 0 aliphatic carbocycles. The molecule has 1 aliphatic rings. The van der Waals surface area contributed by atoms with Crippen LogP contribution in [-0.4, -0.2) is 25.8 Å². The van der Waals surface area contributed by atoms with Crippen LogP contribution in [0.25, 0.3) is 0 Å². The third-order valence-electron chi connectivity index (χ3n) is 3.20. The largest absolute Gasteiger partial charge is 0.377 e. The SMILES string of the molecule is NCC(NCC1CCCO1)c1ccc(F)c(Cl)c1. The fourth-order valence-electron chi connectivity index (χ4n) is 2.15. The number of nitrogens with one attached hydrogen (secondary N) is 1. The average molecular weight is 273 g/mol. The molecule has 1 heterocycles. The van der Waals surface area contributed by atoms with E-state index in [2.05, 4.69) is 5.32 Å². The fraction of sp³-hybridized carbons (Fsp3) is 0.538. The van der Waals surface area contributed by atoms with E-state index in [1.54, 1.807) is 12.1 Å². The highest BCUT2D eigenvalue weighted by atomic mass is 35.5. The molecule has 1 saturated heterocycles. The number of hydrogen-bond donors (Lipinski definition) is 2. The average Bonchev–Trinajstić information content (AvgIpc) is 2.87. The topological polar surface area (TPSA) is 47.3 Å². The van der Waals surface area contributed by atoms with Gasteiger partial charge in [-0.05, 0) is 30.5 Å². The summed E-state index contributed by atoms with van der Waals surface area (Å²) in [6, 6.07) is 4.68. The van der Waals surface area contributed by atoms with Crippen LogP contribution in [0.15, 0.2) is 18.2 Å². The zero-order valence-electron chi connectivity index (χ0n) is 10.2. The van der Waals surface area contributed by atoms with Crippen LogP contribution in [0.4, 0.5) is 4.39 Å². The monoisotopic (exact) mass is 272 g/mol. The van der Waals surface area contributed by atoms with Crippen molar-refractivity contribution in [2.24, 2.45) is 5.73 Å². The van der Waals surface area contributed by atoms with E-state index in [-0.39, 0.29) is 17.2 Å². The summed E-state index contributed by atoms with van der Waals surface area (Å²) in [4.78, 5) is 0. The van der Waals surface area contributed by atoms with E-state index in [0.29, 0.717) is 6.54 Å². The molecule has 1 fully saturated rings. The zero-order chi connectivity index (χ0) is 13.0. The Kier molecular flexibility index (Phi) is 4.95. The van der Waals surface area contributed by atoms with Crippen LogP contribution in [0.3, 0.4) is 0 Å². The number of ether oxygens (including phenoxy) is 1. The summed E-state index contributed by atoms with van der Waals surface area (Å²) in [6.45, 7) is 2.04. The van der Waals surface area contributed by atoms with E-state index < -0.39 is 5.82 Å². The van der Waals surface area contributed by atoms with E-state index in [4.69, 9.17) is 22.1 Å². The molecule has 3 nitrogen and oxygen atoms in total. The maximum absolute atomic E-state index is 13.1. The van der Waals surface area contributed by atoms with Crippen molar-refractivity contribution in [2.45, 2.75) is 25.0 Å². The normalized spacial score (nSPS) is 21.2. The lowest BCUT2D eigenvalue weighted by Gasteiger charge is -2.20. The summed E-state index contributed by atoms with van der Waals surface area (Å²) in [5.74, 6) is -0.407. The highest BCUT2D eigenvalue weighted by molar-refractivity contribution is 6.30. The zero-order valence-corrected chi connectivity index (χ0v) is 10.9. The molecule has 0 aromatic heterocycles. The summed E-state index contributed by atoms with van der Waals surface area (Å²) >= 11 is 5.77. The quantitative estimate of drug-likeness (QED) is 0.864. The number of nitrogens with two attached hydrogens (primary N) is 1. The van der Waals surface area contributed by atoms with Gasteiger partial charge in [0.25, 0.3) is 0 Å². The van der Waals surface area contributed by atoms with Crippen molar-refractivity contribution in [3.8, 4) is 0 Å². The predicted molar refractivity (Wildman–Crippen MR) is 70.2 cm³/mol. The number of hydrogen-bond acceptors (Lipinski definition) is 3. The van der Waals surface area contributed by atoms with Crippen molar-refractivity contribution in [3.05, 3.63) is 34.6 Å². The number of benzene rings is 1. The second kappa shape index (κ2) is 6.48. The molecule has 18 heavy (non-hydrogen) atoms. The first kappa shape index (κ1) is 13.7. The minimum atomic E-state index is -0.407. The second-order valence-electron chi connectivity index (χ2n) is 4.51. The lowest BCUT2D eigenvalue weighted by molar-refractivity contribution is 0.107. The lowest BCUT2D eigenvalue weighted by Crippen LogP contribution is -2.34. The van der Waals surface area contributed by atoms with E-state index in [9.17, 15) is 4.39 Å². The first-order valence-corrected chi connectivity index (χ1v) is 6.58. The van der Waals surface area contributed by atoms with E-state index in [1.807, 2.05) is 0 Å². The van der Waals surface area contributed by atoms with Gasteiger partial charge in [-0.25, -0.2) is 4.39 Å². The Morgan fingerprint density at radius 1 is 1.56 bits per heavy atom. The molecule has 100 valence electrons. The van der Waals surface area contributed by atoms with Gasteiger partial charge in [-0.3, -0.25) is 0 Å². The van der Waals surface area contributed by atoms with Crippen LogP contribution in [0.5, 0.6) is 0 Å². The lowest BCUT2D eigenvalue weighted by atomic mass is 10.1. The molecule has 1 aromatic carbocycles. The van der Waals surface area contributed by atoms with Crippen LogP contribution < -0.4 is 11.1 Å². The van der Waals surface area contributed by atoms with Crippen LogP contribution in [0.2, 0.25) is 5.02 Å². The summed E-state index contributed by atoms with van der Waals surface area (Å²) in [5, 5.41) is 3.47. The Hall–Kier alpha value is -0.680. The predicted octanol–water partition coefficient (Wildman–Crippen LogP) is 2.25. The Bertz CT molecular complexity index is 397. The van der Waals surface area contributed by atoms with Gasteiger partial charge in [-0.2, -0.15) is 0 Å². The third-order valence-corrected chi connectivity index (χ3v) is 3.49. The first-order valence-electron chi connectivity index (χ1n) is 6.20. The van der Waals surface area contributed by atoms with Crippen molar-refractivity contribution in [1.29, 1.82) is 0 Å². The molecule has 3 N–H and O–H groups in total. The van der Waals surface area contributed by atoms with Crippen molar-refractivity contribution >= 4 is 11.6 Å². The van der Waals surface area contributed by atoms with Crippen LogP contribution in [0, 0.1) is 5.82 Å². The van der Waals surface area contributed by atoms with Gasteiger partial charge in [0.05, 0.1) is 11.1 Å². The third kappa shape index (κ3) is 3.42. The summed E-state index contributed by atoms with van der Waals surface area (Å²) in [7, 11) is 0. The Labute approximate surface area is 111 Å². The van der Waals surface area contributed by atoms with Crippen LogP contribution in [0.1, 0.15) is 24.4 Å². The molecule has 0 radical (unpaired) electrons. The van der Waals surface area contributed by atoms with Gasteiger partial charge in [0.15, 0.2) is 0 Å². The number of halogens is 2. The van der Waals surface area contributed by atoms with Gasteiger partial charge in [0.1, 0.15) is 5.82 Å². The van der Waals surface area contributed by atoms with Gasteiger partial charge >= 0.3 is 0 Å². The Morgan fingerprint density at radius 2 is 2.39 bits per heavy atom. The summed E-state index contributed by atoms with van der Waals surface area (Å²) < 4.78 is 18.6. The van der Waals surface area contributed by atoms with Gasteiger partial charge in [0.2, 0.25) is 0 Å². The second-order valence-corrected chi connectivity index (χ2v) is 4.91. The highest BCUT2D eigenvalue weighted by Crippen LogP contribution is 2.21. The molecule has 1 aromatic rings. The molecule has 1 aliphatic heterocycles. The van der Waals surface area contributed by atoms with Crippen molar-refractivity contribution in [3.63, 3.8) is 0 Å². The molecular formula is C13H18ClFN2O.